The molecule has 0 atom stereocenters. The van der Waals surface area contributed by atoms with E-state index in [9.17, 15) is 4.79 Å². The van der Waals surface area contributed by atoms with Crippen LogP contribution < -0.4 is 4.90 Å². The van der Waals surface area contributed by atoms with Crippen LogP contribution in [-0.4, -0.2) is 31.0 Å². The zero-order valence-corrected chi connectivity index (χ0v) is 8.05. The Hall–Kier alpha value is -1.97. The summed E-state index contributed by atoms with van der Waals surface area (Å²) in [6.07, 6.45) is 1.80. The van der Waals surface area contributed by atoms with Crippen molar-refractivity contribution in [3.8, 4) is 0 Å². The number of amidine groups is 1. The van der Waals surface area contributed by atoms with Crippen molar-refractivity contribution in [2.75, 3.05) is 18.0 Å². The van der Waals surface area contributed by atoms with Crippen molar-refractivity contribution in [3.05, 3.63) is 29.8 Å². The normalized spacial score (nSPS) is 18.3. The van der Waals surface area contributed by atoms with Gasteiger partial charge in [0.15, 0.2) is 0 Å². The molecule has 4 heteroatoms. The van der Waals surface area contributed by atoms with E-state index in [-0.39, 0.29) is 12.5 Å². The molecule has 0 aromatic heterocycles. The van der Waals surface area contributed by atoms with E-state index in [1.807, 2.05) is 24.3 Å². The van der Waals surface area contributed by atoms with Gasteiger partial charge in [0.05, 0.1) is 12.2 Å². The van der Waals surface area contributed by atoms with Crippen molar-refractivity contribution in [1.82, 2.24) is 0 Å². The predicted octanol–water partition coefficient (Wildman–Crippen LogP) is 0.864. The molecule has 2 heterocycles. The maximum atomic E-state index is 11.7. The molecule has 0 unspecified atom stereocenters. The van der Waals surface area contributed by atoms with Gasteiger partial charge in [-0.1, -0.05) is 18.2 Å². The molecular weight excluding hydrogens is 190 g/mol. The van der Waals surface area contributed by atoms with E-state index < -0.39 is 0 Å². The molecule has 0 bridgehead atoms. The number of anilines is 1. The molecule has 15 heavy (non-hydrogen) atoms. The molecule has 0 fully saturated rings. The number of aliphatic imine (C=N–C) groups is 2. The monoisotopic (exact) mass is 199 g/mol. The Morgan fingerprint density at radius 3 is 3.00 bits per heavy atom. The first kappa shape index (κ1) is 8.35. The second kappa shape index (κ2) is 3.02. The van der Waals surface area contributed by atoms with Gasteiger partial charge in [0.25, 0.3) is 5.91 Å². The molecular formula is C11H9N3O. The van der Waals surface area contributed by atoms with E-state index in [1.54, 1.807) is 11.1 Å². The van der Waals surface area contributed by atoms with E-state index in [4.69, 9.17) is 0 Å². The first-order valence-corrected chi connectivity index (χ1v) is 4.81. The maximum Gasteiger partial charge on any atom is 0.254 e. The minimum Gasteiger partial charge on any atom is -0.284 e. The predicted molar refractivity (Wildman–Crippen MR) is 58.7 cm³/mol. The van der Waals surface area contributed by atoms with Crippen LogP contribution in [0.15, 0.2) is 34.3 Å². The van der Waals surface area contributed by atoms with Crippen molar-refractivity contribution >= 4 is 23.6 Å². The molecule has 0 spiro atoms. The summed E-state index contributed by atoms with van der Waals surface area (Å²) in [7, 11) is 0. The van der Waals surface area contributed by atoms with Crippen LogP contribution in [0.2, 0.25) is 0 Å². The van der Waals surface area contributed by atoms with E-state index in [0.29, 0.717) is 6.54 Å². The van der Waals surface area contributed by atoms with Gasteiger partial charge in [-0.25, -0.2) is 0 Å². The summed E-state index contributed by atoms with van der Waals surface area (Å²) in [5.41, 5.74) is 1.86. The summed E-state index contributed by atoms with van der Waals surface area (Å²) in [6.45, 7) is 0.736. The molecule has 1 amide bonds. The molecule has 1 aromatic rings. The Morgan fingerprint density at radius 2 is 2.07 bits per heavy atom. The highest BCUT2D eigenvalue weighted by atomic mass is 16.2. The van der Waals surface area contributed by atoms with Gasteiger partial charge in [-0.3, -0.25) is 19.7 Å². The SMILES string of the molecule is O=C1CN=C2CN=Cc3ccccc3N12. The first-order valence-electron chi connectivity index (χ1n) is 4.81. The lowest BCUT2D eigenvalue weighted by atomic mass is 10.2. The minimum absolute atomic E-state index is 0.0305. The van der Waals surface area contributed by atoms with Crippen LogP contribution in [0.5, 0.6) is 0 Å². The molecule has 0 N–H and O–H groups in total. The molecule has 3 rings (SSSR count). The molecule has 2 aliphatic heterocycles. The molecule has 4 nitrogen and oxygen atoms in total. The Balaban J connectivity index is 2.20. The number of para-hydroxylation sites is 1. The lowest BCUT2D eigenvalue weighted by Gasteiger charge is -2.17. The van der Waals surface area contributed by atoms with Crippen LogP contribution in [0, 0.1) is 0 Å². The Bertz CT molecular complexity index is 490. The maximum absolute atomic E-state index is 11.7. The number of benzene rings is 1. The van der Waals surface area contributed by atoms with Gasteiger partial charge in [-0.15, -0.1) is 0 Å². The van der Waals surface area contributed by atoms with E-state index >= 15 is 0 Å². The van der Waals surface area contributed by atoms with Gasteiger partial charge >= 0.3 is 0 Å². The highest BCUT2D eigenvalue weighted by Crippen LogP contribution is 2.24. The van der Waals surface area contributed by atoms with Gasteiger partial charge in [0.2, 0.25) is 0 Å². The standard InChI is InChI=1S/C11H9N3O/c15-11-7-13-10-6-12-5-8-3-1-2-4-9(8)14(10)11/h1-5H,6-7H2. The van der Waals surface area contributed by atoms with Gasteiger partial charge in [-0.2, -0.15) is 0 Å². The van der Waals surface area contributed by atoms with Crippen molar-refractivity contribution in [2.45, 2.75) is 0 Å². The number of rotatable bonds is 0. The smallest absolute Gasteiger partial charge is 0.254 e. The number of hydrogen-bond donors (Lipinski definition) is 0. The van der Waals surface area contributed by atoms with Crippen molar-refractivity contribution in [3.63, 3.8) is 0 Å². The largest absolute Gasteiger partial charge is 0.284 e. The second-order valence-corrected chi connectivity index (χ2v) is 3.49. The Kier molecular flexibility index (Phi) is 1.68. The van der Waals surface area contributed by atoms with Gasteiger partial charge in [0, 0.05) is 11.8 Å². The fourth-order valence-corrected chi connectivity index (χ4v) is 1.86. The highest BCUT2D eigenvalue weighted by molar-refractivity contribution is 6.24. The third-order valence-corrected chi connectivity index (χ3v) is 2.55. The van der Waals surface area contributed by atoms with E-state index in [0.717, 1.165) is 17.1 Å². The van der Waals surface area contributed by atoms with Crippen LogP contribution in [0.4, 0.5) is 5.69 Å². The molecule has 0 radical (unpaired) electrons. The molecule has 0 saturated carbocycles. The molecule has 0 saturated heterocycles. The highest BCUT2D eigenvalue weighted by Gasteiger charge is 2.28. The quantitative estimate of drug-likeness (QED) is 0.611. The van der Waals surface area contributed by atoms with Crippen molar-refractivity contribution in [2.24, 2.45) is 9.98 Å². The third-order valence-electron chi connectivity index (χ3n) is 2.55. The molecule has 74 valence electrons. The van der Waals surface area contributed by atoms with E-state index in [2.05, 4.69) is 9.98 Å². The van der Waals surface area contributed by atoms with Crippen LogP contribution in [0.3, 0.4) is 0 Å². The average molecular weight is 199 g/mol. The summed E-state index contributed by atoms with van der Waals surface area (Å²) in [6, 6.07) is 7.73. The molecule has 0 aliphatic carbocycles. The first-order chi connectivity index (χ1) is 7.36. The van der Waals surface area contributed by atoms with Gasteiger partial charge in [0.1, 0.15) is 12.4 Å². The van der Waals surface area contributed by atoms with Crippen LogP contribution >= 0.6 is 0 Å². The lowest BCUT2D eigenvalue weighted by molar-refractivity contribution is -0.115. The Labute approximate surface area is 87.0 Å². The van der Waals surface area contributed by atoms with Crippen LogP contribution in [0.25, 0.3) is 0 Å². The van der Waals surface area contributed by atoms with Crippen molar-refractivity contribution in [1.29, 1.82) is 0 Å². The average Bonchev–Trinajstić information content (AvgIpc) is 2.52. The Morgan fingerprint density at radius 1 is 1.20 bits per heavy atom. The number of nitrogens with zero attached hydrogens (tertiary/aromatic N) is 3. The van der Waals surface area contributed by atoms with Crippen LogP contribution in [0.1, 0.15) is 5.56 Å². The second-order valence-electron chi connectivity index (χ2n) is 3.49. The molecule has 1 aromatic carbocycles. The topological polar surface area (TPSA) is 45.0 Å². The summed E-state index contributed by atoms with van der Waals surface area (Å²) in [5, 5.41) is 0. The number of fused-ring (bicyclic) bond motifs is 3. The zero-order valence-electron chi connectivity index (χ0n) is 8.05. The van der Waals surface area contributed by atoms with E-state index in [1.165, 1.54) is 0 Å². The van der Waals surface area contributed by atoms with Gasteiger partial charge in [-0.05, 0) is 6.07 Å². The minimum atomic E-state index is 0.0305. The fourth-order valence-electron chi connectivity index (χ4n) is 1.86. The third kappa shape index (κ3) is 1.18. The fraction of sp³-hybridized carbons (Fsp3) is 0.182. The molecule has 2 aliphatic rings. The van der Waals surface area contributed by atoms with Crippen LogP contribution in [-0.2, 0) is 4.79 Å². The number of carbonyl (C=O) groups excluding carboxylic acids is 1. The number of hydrogen-bond acceptors (Lipinski definition) is 3. The number of amides is 1. The number of carbonyl (C=O) groups is 1. The van der Waals surface area contributed by atoms with Gasteiger partial charge < -0.3 is 0 Å². The zero-order chi connectivity index (χ0) is 10.3. The lowest BCUT2D eigenvalue weighted by Crippen LogP contribution is -2.33. The summed E-state index contributed by atoms with van der Waals surface area (Å²) in [5.74, 6) is 0.782. The summed E-state index contributed by atoms with van der Waals surface area (Å²) < 4.78 is 0. The summed E-state index contributed by atoms with van der Waals surface area (Å²) >= 11 is 0. The van der Waals surface area contributed by atoms with Crippen molar-refractivity contribution < 1.29 is 4.79 Å². The summed E-state index contributed by atoms with van der Waals surface area (Å²) in [4.78, 5) is 21.8.